The van der Waals surface area contributed by atoms with Crippen LogP contribution in [-0.4, -0.2) is 6.18 Å². The lowest BCUT2D eigenvalue weighted by molar-refractivity contribution is -0.174. The van der Waals surface area contributed by atoms with Gasteiger partial charge in [-0.1, -0.05) is 72.3 Å². The van der Waals surface area contributed by atoms with Crippen LogP contribution < -0.4 is 0 Å². The molecular weight excluding hydrogens is 366 g/mol. The van der Waals surface area contributed by atoms with Crippen LogP contribution in [0.15, 0.2) is 77.9 Å². The molecule has 0 heterocycles. The second-order valence-electron chi connectivity index (χ2n) is 6.65. The summed E-state index contributed by atoms with van der Waals surface area (Å²) in [5, 5.41) is 0. The number of rotatable bonds is 1. The van der Waals surface area contributed by atoms with E-state index in [1.54, 1.807) is 24.3 Å². The molecule has 142 valence electrons. The third kappa shape index (κ3) is 3.94. The lowest BCUT2D eigenvalue weighted by Crippen LogP contribution is -2.39. The molecule has 6 heteroatoms. The topological polar surface area (TPSA) is 0 Å². The first kappa shape index (κ1) is 19.3. The van der Waals surface area contributed by atoms with Crippen LogP contribution in [0, 0.1) is 6.92 Å². The van der Waals surface area contributed by atoms with E-state index < -0.39 is 23.3 Å². The number of aryl methyl sites for hydroxylation is 1. The first-order chi connectivity index (χ1) is 12.5. The number of benzene rings is 2. The minimum atomic E-state index is -4.23. The van der Waals surface area contributed by atoms with E-state index in [0.717, 1.165) is 28.8 Å². The van der Waals surface area contributed by atoms with Gasteiger partial charge in [-0.25, -0.2) is 0 Å². The van der Waals surface area contributed by atoms with Crippen LogP contribution >= 0.6 is 0 Å². The van der Waals surface area contributed by atoms with Crippen molar-refractivity contribution in [3.63, 3.8) is 0 Å². The fraction of sp³-hybridized carbons (Fsp3) is 0.238. The van der Waals surface area contributed by atoms with Crippen molar-refractivity contribution >= 4 is 0 Å². The summed E-state index contributed by atoms with van der Waals surface area (Å²) in [5.74, 6) is 0. The standard InChI is InChI=1S/C14H11F3.C7H5F3/c1-9-3-2-4-12(5-9)13(14(15,16)17)7-10-6-11(10)8-13;8-7(9,10)6-4-2-1-3-5-6/h2-7H,8H2,1H3;1-5H. The molecule has 4 rings (SSSR count). The van der Waals surface area contributed by atoms with Gasteiger partial charge in [-0.3, -0.25) is 0 Å². The molecule has 0 fully saturated rings. The highest BCUT2D eigenvalue weighted by molar-refractivity contribution is 5.66. The molecule has 27 heavy (non-hydrogen) atoms. The van der Waals surface area contributed by atoms with E-state index in [1.807, 2.05) is 19.1 Å². The zero-order chi connectivity index (χ0) is 19.9. The summed E-state index contributed by atoms with van der Waals surface area (Å²) in [7, 11) is 0. The van der Waals surface area contributed by atoms with Gasteiger partial charge in [0.1, 0.15) is 5.41 Å². The molecule has 0 radical (unpaired) electrons. The first-order valence-electron chi connectivity index (χ1n) is 8.23. The minimum absolute atomic E-state index is 0.0648. The summed E-state index contributed by atoms with van der Waals surface area (Å²) in [6, 6.07) is 13.1. The molecule has 2 aliphatic carbocycles. The fourth-order valence-corrected chi connectivity index (χ4v) is 3.14. The molecule has 0 aromatic heterocycles. The van der Waals surface area contributed by atoms with Gasteiger partial charge in [0.15, 0.2) is 0 Å². The zero-order valence-electron chi connectivity index (χ0n) is 14.3. The summed E-state index contributed by atoms with van der Waals surface area (Å²) in [6.45, 7) is 1.82. The Morgan fingerprint density at radius 1 is 0.852 bits per heavy atom. The molecule has 0 nitrogen and oxygen atoms in total. The van der Waals surface area contributed by atoms with Crippen molar-refractivity contribution in [1.29, 1.82) is 0 Å². The molecule has 0 aliphatic heterocycles. The molecule has 0 spiro atoms. The van der Waals surface area contributed by atoms with Gasteiger partial charge < -0.3 is 0 Å². The summed E-state index contributed by atoms with van der Waals surface area (Å²) in [6.07, 6.45) is -5.19. The quantitative estimate of drug-likeness (QED) is 0.478. The Kier molecular flexibility index (Phi) is 4.70. The summed E-state index contributed by atoms with van der Waals surface area (Å²) in [5.41, 5.74) is 0.450. The number of hydrogen-bond donors (Lipinski definition) is 0. The molecule has 2 aliphatic rings. The zero-order valence-corrected chi connectivity index (χ0v) is 14.3. The number of allylic oxidation sites excluding steroid dienone is 4. The van der Waals surface area contributed by atoms with Crippen molar-refractivity contribution in [2.45, 2.75) is 31.1 Å². The minimum Gasteiger partial charge on any atom is -0.170 e. The average molecular weight is 382 g/mol. The summed E-state index contributed by atoms with van der Waals surface area (Å²) in [4.78, 5) is 0. The predicted octanol–water partition coefficient (Wildman–Crippen LogP) is 6.77. The molecular formula is C21H16F6. The molecule has 0 saturated carbocycles. The van der Waals surface area contributed by atoms with Crippen LogP contribution in [0.4, 0.5) is 26.3 Å². The van der Waals surface area contributed by atoms with Crippen LogP contribution in [0.5, 0.6) is 0 Å². The molecule has 2 aromatic rings. The van der Waals surface area contributed by atoms with E-state index in [2.05, 4.69) is 0 Å². The molecule has 0 saturated heterocycles. The van der Waals surface area contributed by atoms with Gasteiger partial charge in [0.2, 0.25) is 0 Å². The maximum Gasteiger partial charge on any atom is 0.416 e. The Bertz CT molecular complexity index is 887. The molecule has 1 atom stereocenters. The third-order valence-corrected chi connectivity index (χ3v) is 4.63. The van der Waals surface area contributed by atoms with Crippen LogP contribution in [0.1, 0.15) is 23.1 Å². The van der Waals surface area contributed by atoms with E-state index in [9.17, 15) is 26.3 Å². The van der Waals surface area contributed by atoms with Gasteiger partial charge >= 0.3 is 12.4 Å². The predicted molar refractivity (Wildman–Crippen MR) is 91.1 cm³/mol. The largest absolute Gasteiger partial charge is 0.416 e. The van der Waals surface area contributed by atoms with Crippen molar-refractivity contribution in [2.24, 2.45) is 0 Å². The Hall–Kier alpha value is -2.50. The van der Waals surface area contributed by atoms with Crippen molar-refractivity contribution < 1.29 is 26.3 Å². The highest BCUT2D eigenvalue weighted by atomic mass is 19.4. The Morgan fingerprint density at radius 2 is 1.52 bits per heavy atom. The van der Waals surface area contributed by atoms with Gasteiger partial charge in [0.25, 0.3) is 0 Å². The summed E-state index contributed by atoms with van der Waals surface area (Å²) < 4.78 is 75.4. The average Bonchev–Trinajstić information content (AvgIpc) is 3.20. The monoisotopic (exact) mass is 382 g/mol. The van der Waals surface area contributed by atoms with Gasteiger partial charge in [-0.2, -0.15) is 26.3 Å². The molecule has 0 N–H and O–H groups in total. The van der Waals surface area contributed by atoms with Crippen molar-refractivity contribution in [3.8, 4) is 0 Å². The smallest absolute Gasteiger partial charge is 0.170 e. The van der Waals surface area contributed by atoms with E-state index in [1.165, 1.54) is 18.2 Å². The Balaban J connectivity index is 0.000000180. The second-order valence-corrected chi connectivity index (χ2v) is 6.65. The van der Waals surface area contributed by atoms with Gasteiger partial charge in [0, 0.05) is 0 Å². The lowest BCUT2D eigenvalue weighted by Gasteiger charge is -2.31. The highest BCUT2D eigenvalue weighted by Crippen LogP contribution is 2.57. The number of alkyl halides is 6. The van der Waals surface area contributed by atoms with Gasteiger partial charge in [-0.05, 0) is 30.1 Å². The highest BCUT2D eigenvalue weighted by Gasteiger charge is 2.59. The van der Waals surface area contributed by atoms with Crippen LogP contribution in [0.3, 0.4) is 0 Å². The molecule has 0 amide bonds. The fourth-order valence-electron chi connectivity index (χ4n) is 3.14. The third-order valence-electron chi connectivity index (χ3n) is 4.63. The van der Waals surface area contributed by atoms with Crippen molar-refractivity contribution in [1.82, 2.24) is 0 Å². The van der Waals surface area contributed by atoms with Crippen LogP contribution in [0.25, 0.3) is 0 Å². The lowest BCUT2D eigenvalue weighted by atomic mass is 9.78. The van der Waals surface area contributed by atoms with Gasteiger partial charge in [-0.15, -0.1) is 0 Å². The van der Waals surface area contributed by atoms with Crippen molar-refractivity contribution in [2.75, 3.05) is 0 Å². The van der Waals surface area contributed by atoms with E-state index in [-0.39, 0.29) is 6.42 Å². The number of hydrogen-bond acceptors (Lipinski definition) is 0. The normalized spacial score (nSPS) is 20.9. The molecule has 1 unspecified atom stereocenters. The Morgan fingerprint density at radius 3 is 1.96 bits per heavy atom. The van der Waals surface area contributed by atoms with Gasteiger partial charge in [0.05, 0.1) is 5.56 Å². The molecule has 0 bridgehead atoms. The number of fused-ring (bicyclic) bond motifs is 1. The Labute approximate surface area is 152 Å². The van der Waals surface area contributed by atoms with Crippen LogP contribution in [0.2, 0.25) is 0 Å². The summed E-state index contributed by atoms with van der Waals surface area (Å²) >= 11 is 0. The molecule has 2 aromatic carbocycles. The second kappa shape index (κ2) is 6.59. The van der Waals surface area contributed by atoms with E-state index >= 15 is 0 Å². The number of halogens is 6. The van der Waals surface area contributed by atoms with Crippen molar-refractivity contribution in [3.05, 3.63) is 94.6 Å². The SMILES string of the molecule is Cc1cccc(C2(C(F)(F)F)C=C3C=C3C2)c1.FC(F)(F)c1ccccc1. The van der Waals surface area contributed by atoms with E-state index in [0.29, 0.717) is 5.56 Å². The maximum absolute atomic E-state index is 13.4. The first-order valence-corrected chi connectivity index (χ1v) is 8.23. The maximum atomic E-state index is 13.4. The van der Waals surface area contributed by atoms with Crippen LogP contribution in [-0.2, 0) is 11.6 Å². The van der Waals surface area contributed by atoms with E-state index in [4.69, 9.17) is 0 Å².